The molecule has 160 valence electrons. The molecule has 1 aromatic heterocycles. The van der Waals surface area contributed by atoms with Gasteiger partial charge in [-0.2, -0.15) is 18.2 Å². The van der Waals surface area contributed by atoms with Gasteiger partial charge in [0, 0.05) is 18.2 Å². The maximum absolute atomic E-state index is 13.3. The fourth-order valence-electron chi connectivity index (χ4n) is 2.56. The molecule has 3 rings (SSSR count). The summed E-state index contributed by atoms with van der Waals surface area (Å²) in [6, 6.07) is 8.34. The second-order valence-electron chi connectivity index (χ2n) is 6.05. The highest BCUT2D eigenvalue weighted by Gasteiger charge is 2.38. The molecule has 3 aromatic rings. The summed E-state index contributed by atoms with van der Waals surface area (Å²) in [6.07, 6.45) is -4.77. The van der Waals surface area contributed by atoms with Gasteiger partial charge >= 0.3 is 12.1 Å². The molecular weight excluding hydrogens is 432 g/mol. The molecule has 12 heteroatoms. The summed E-state index contributed by atoms with van der Waals surface area (Å²) in [5.74, 6) is -3.32. The minimum absolute atomic E-state index is 0.0727. The minimum atomic E-state index is -4.77. The third-order valence-electron chi connectivity index (χ3n) is 3.86. The Bertz CT molecular complexity index is 1050. The SMILES string of the molecule is CCOP(=O)(NCc1cc(F)cc(F)c1)c1ccc(-c2noc(C(F)(F)F)n2)cc1. The van der Waals surface area contributed by atoms with Crippen molar-refractivity contribution in [3.63, 3.8) is 0 Å². The molecule has 1 N–H and O–H groups in total. The van der Waals surface area contributed by atoms with E-state index in [-0.39, 0.29) is 35.4 Å². The number of halogens is 5. The van der Waals surface area contributed by atoms with Gasteiger partial charge in [0.25, 0.3) is 7.52 Å². The number of alkyl halides is 3. The number of hydrogen-bond donors (Lipinski definition) is 1. The lowest BCUT2D eigenvalue weighted by atomic mass is 10.2. The minimum Gasteiger partial charge on any atom is -0.329 e. The first-order valence-electron chi connectivity index (χ1n) is 8.57. The lowest BCUT2D eigenvalue weighted by molar-refractivity contribution is -0.159. The standard InChI is InChI=1S/C18H15F5N3O3P/c1-2-28-30(27,24-10-11-7-13(19)9-14(20)8-11)15-5-3-12(4-6-15)16-25-17(29-26-16)18(21,22)23/h3-9H,2,10H2,1H3,(H,24,27). The summed E-state index contributed by atoms with van der Waals surface area (Å²) in [6.45, 7) is 1.54. The molecule has 0 aliphatic carbocycles. The second-order valence-corrected chi connectivity index (χ2v) is 8.24. The van der Waals surface area contributed by atoms with E-state index in [1.807, 2.05) is 0 Å². The first-order chi connectivity index (χ1) is 14.1. The summed E-state index contributed by atoms with van der Waals surface area (Å²) >= 11 is 0. The van der Waals surface area contributed by atoms with Crippen LogP contribution in [0.3, 0.4) is 0 Å². The number of benzene rings is 2. The first-order valence-corrected chi connectivity index (χ1v) is 10.2. The fourth-order valence-corrected chi connectivity index (χ4v) is 4.28. The zero-order valence-corrected chi connectivity index (χ0v) is 16.3. The van der Waals surface area contributed by atoms with Gasteiger partial charge in [0.15, 0.2) is 0 Å². The Hall–Kier alpha value is -2.62. The van der Waals surface area contributed by atoms with Crippen molar-refractivity contribution in [2.45, 2.75) is 19.6 Å². The van der Waals surface area contributed by atoms with E-state index in [0.717, 1.165) is 12.1 Å². The largest absolute Gasteiger partial charge is 0.471 e. The molecule has 0 radical (unpaired) electrons. The average Bonchev–Trinajstić information content (AvgIpc) is 3.17. The Labute approximate surface area is 167 Å². The zero-order valence-electron chi connectivity index (χ0n) is 15.4. The van der Waals surface area contributed by atoms with Crippen LogP contribution in [-0.4, -0.2) is 16.7 Å². The van der Waals surface area contributed by atoms with E-state index in [9.17, 15) is 26.5 Å². The molecule has 0 saturated carbocycles. The van der Waals surface area contributed by atoms with Gasteiger partial charge in [-0.25, -0.2) is 13.9 Å². The second kappa shape index (κ2) is 8.63. The number of aromatic nitrogens is 2. The molecule has 0 amide bonds. The van der Waals surface area contributed by atoms with Gasteiger partial charge in [0.2, 0.25) is 5.82 Å². The number of nitrogens with zero attached hydrogens (tertiary/aromatic N) is 2. The third kappa shape index (κ3) is 5.10. The molecule has 30 heavy (non-hydrogen) atoms. The molecule has 0 aliphatic rings. The average molecular weight is 447 g/mol. The van der Waals surface area contributed by atoms with Crippen molar-refractivity contribution < 1.29 is 35.6 Å². The molecule has 1 atom stereocenters. The van der Waals surface area contributed by atoms with Crippen LogP contribution in [0.1, 0.15) is 18.4 Å². The van der Waals surface area contributed by atoms with Crippen molar-refractivity contribution in [3.8, 4) is 11.4 Å². The summed E-state index contributed by atoms with van der Waals surface area (Å²) in [5.41, 5.74) is 0.420. The number of nitrogens with one attached hydrogen (secondary N) is 1. The van der Waals surface area contributed by atoms with E-state index < -0.39 is 31.2 Å². The predicted molar refractivity (Wildman–Crippen MR) is 96.8 cm³/mol. The van der Waals surface area contributed by atoms with E-state index in [2.05, 4.69) is 19.8 Å². The van der Waals surface area contributed by atoms with Crippen LogP contribution < -0.4 is 10.4 Å². The van der Waals surface area contributed by atoms with Gasteiger partial charge in [-0.3, -0.25) is 4.57 Å². The molecule has 0 saturated heterocycles. The van der Waals surface area contributed by atoms with Crippen LogP contribution in [0.4, 0.5) is 22.0 Å². The van der Waals surface area contributed by atoms with Crippen molar-refractivity contribution in [2.24, 2.45) is 0 Å². The zero-order chi connectivity index (χ0) is 21.9. The normalized spacial score (nSPS) is 13.9. The summed E-state index contributed by atoms with van der Waals surface area (Å²) < 4.78 is 87.2. The van der Waals surface area contributed by atoms with Gasteiger partial charge in [-0.15, -0.1) is 0 Å². The van der Waals surface area contributed by atoms with E-state index in [4.69, 9.17) is 4.52 Å². The topological polar surface area (TPSA) is 77.2 Å². The van der Waals surface area contributed by atoms with Crippen LogP contribution >= 0.6 is 7.52 Å². The van der Waals surface area contributed by atoms with Crippen LogP contribution in [0, 0.1) is 11.6 Å². The molecule has 1 unspecified atom stereocenters. The highest BCUT2D eigenvalue weighted by atomic mass is 31.2. The first kappa shape index (κ1) is 22.1. The number of rotatable bonds is 7. The molecule has 0 spiro atoms. The Balaban J connectivity index is 1.81. The lowest BCUT2D eigenvalue weighted by Gasteiger charge is -2.19. The smallest absolute Gasteiger partial charge is 0.329 e. The Morgan fingerprint density at radius 2 is 1.73 bits per heavy atom. The van der Waals surface area contributed by atoms with Crippen molar-refractivity contribution in [1.29, 1.82) is 0 Å². The van der Waals surface area contributed by atoms with E-state index in [1.54, 1.807) is 6.92 Å². The van der Waals surface area contributed by atoms with Crippen molar-refractivity contribution in [2.75, 3.05) is 6.61 Å². The highest BCUT2D eigenvalue weighted by molar-refractivity contribution is 7.65. The Morgan fingerprint density at radius 3 is 2.27 bits per heavy atom. The van der Waals surface area contributed by atoms with Crippen LogP contribution in [0.25, 0.3) is 11.4 Å². The van der Waals surface area contributed by atoms with Crippen LogP contribution in [0.5, 0.6) is 0 Å². The quantitative estimate of drug-likeness (QED) is 0.419. The van der Waals surface area contributed by atoms with Gasteiger partial charge in [-0.05, 0) is 36.8 Å². The summed E-state index contributed by atoms with van der Waals surface area (Å²) in [5, 5.41) is 6.15. The van der Waals surface area contributed by atoms with Crippen molar-refractivity contribution >= 4 is 12.8 Å². The van der Waals surface area contributed by atoms with E-state index in [0.29, 0.717) is 6.07 Å². The molecule has 2 aromatic carbocycles. The van der Waals surface area contributed by atoms with Crippen LogP contribution in [0.15, 0.2) is 47.0 Å². The summed E-state index contributed by atoms with van der Waals surface area (Å²) in [4.78, 5) is 3.28. The molecule has 6 nitrogen and oxygen atoms in total. The Kier molecular flexibility index (Phi) is 6.35. The molecular formula is C18H15F5N3O3P. The van der Waals surface area contributed by atoms with Crippen LogP contribution in [-0.2, 0) is 21.8 Å². The van der Waals surface area contributed by atoms with Gasteiger partial charge < -0.3 is 9.05 Å². The Morgan fingerprint density at radius 1 is 1.10 bits per heavy atom. The van der Waals surface area contributed by atoms with Gasteiger partial charge in [0.1, 0.15) is 11.6 Å². The highest BCUT2D eigenvalue weighted by Crippen LogP contribution is 2.41. The van der Waals surface area contributed by atoms with Crippen molar-refractivity contribution in [1.82, 2.24) is 15.2 Å². The molecule has 0 fully saturated rings. The maximum Gasteiger partial charge on any atom is 0.471 e. The monoisotopic (exact) mass is 447 g/mol. The number of hydrogen-bond acceptors (Lipinski definition) is 5. The molecule has 1 heterocycles. The lowest BCUT2D eigenvalue weighted by Crippen LogP contribution is -2.21. The fraction of sp³-hybridized carbons (Fsp3) is 0.222. The van der Waals surface area contributed by atoms with E-state index in [1.165, 1.54) is 24.3 Å². The van der Waals surface area contributed by atoms with Gasteiger partial charge in [-0.1, -0.05) is 17.3 Å². The van der Waals surface area contributed by atoms with Crippen molar-refractivity contribution in [3.05, 3.63) is 65.6 Å². The summed E-state index contributed by atoms with van der Waals surface area (Å²) in [7, 11) is -3.64. The molecule has 0 bridgehead atoms. The third-order valence-corrected chi connectivity index (χ3v) is 6.03. The predicted octanol–water partition coefficient (Wildman–Crippen LogP) is 4.68. The van der Waals surface area contributed by atoms with Crippen LogP contribution in [0.2, 0.25) is 0 Å². The van der Waals surface area contributed by atoms with Gasteiger partial charge in [0.05, 0.1) is 11.9 Å². The van der Waals surface area contributed by atoms with E-state index >= 15 is 0 Å². The molecule has 0 aliphatic heterocycles. The maximum atomic E-state index is 13.3.